The second-order valence-corrected chi connectivity index (χ2v) is 5.89. The molecule has 0 amide bonds. The van der Waals surface area contributed by atoms with Crippen molar-refractivity contribution >= 4 is 0 Å². The number of rotatable bonds is 6. The number of methoxy groups -OCH3 is 1. The minimum absolute atomic E-state index is 0.131. The summed E-state index contributed by atoms with van der Waals surface area (Å²) in [6, 6.07) is 7.94. The number of hydrogen-bond donors (Lipinski definition) is 1. The van der Waals surface area contributed by atoms with Crippen molar-refractivity contribution in [3.63, 3.8) is 0 Å². The Hall–Kier alpha value is -0.930. The third-order valence-corrected chi connectivity index (χ3v) is 4.06. The molecule has 2 rings (SSSR count). The second-order valence-electron chi connectivity index (χ2n) is 5.89. The van der Waals surface area contributed by atoms with Gasteiger partial charge >= 0.3 is 0 Å². The van der Waals surface area contributed by atoms with Gasteiger partial charge in [0, 0.05) is 19.2 Å². The lowest BCUT2D eigenvalue weighted by Gasteiger charge is -2.39. The molecule has 0 aliphatic heterocycles. The summed E-state index contributed by atoms with van der Waals surface area (Å²) in [4.78, 5) is 0. The molecule has 0 bridgehead atoms. The van der Waals surface area contributed by atoms with Crippen molar-refractivity contribution in [3.05, 3.63) is 35.6 Å². The Labute approximate surface area is 115 Å². The highest BCUT2D eigenvalue weighted by atomic mass is 19.1. The van der Waals surface area contributed by atoms with E-state index in [1.54, 1.807) is 19.2 Å². The molecular formula is C16H24FNO. The minimum Gasteiger partial charge on any atom is -0.383 e. The molecule has 0 spiro atoms. The van der Waals surface area contributed by atoms with Crippen LogP contribution in [0.5, 0.6) is 0 Å². The Morgan fingerprint density at radius 1 is 1.37 bits per heavy atom. The lowest BCUT2D eigenvalue weighted by molar-refractivity contribution is 0.126. The van der Waals surface area contributed by atoms with Crippen molar-refractivity contribution < 1.29 is 9.13 Å². The van der Waals surface area contributed by atoms with Crippen molar-refractivity contribution in [2.45, 2.75) is 44.7 Å². The summed E-state index contributed by atoms with van der Waals surface area (Å²) >= 11 is 0. The Bertz CT molecular complexity index is 401. The summed E-state index contributed by atoms with van der Waals surface area (Å²) in [5.74, 6) is 0.935. The van der Waals surface area contributed by atoms with E-state index in [4.69, 9.17) is 4.74 Å². The summed E-state index contributed by atoms with van der Waals surface area (Å²) in [6.45, 7) is 5.16. The lowest BCUT2D eigenvalue weighted by atomic mass is 9.75. The highest BCUT2D eigenvalue weighted by molar-refractivity contribution is 5.23. The largest absolute Gasteiger partial charge is 0.383 e. The SMILES string of the molecule is COCC(NC1CC(c2cccc(F)c2)C1)C(C)C. The van der Waals surface area contributed by atoms with Gasteiger partial charge in [0.05, 0.1) is 6.61 Å². The van der Waals surface area contributed by atoms with Crippen LogP contribution in [0.15, 0.2) is 24.3 Å². The van der Waals surface area contributed by atoms with E-state index in [2.05, 4.69) is 19.2 Å². The molecule has 2 nitrogen and oxygen atoms in total. The van der Waals surface area contributed by atoms with Crippen molar-refractivity contribution in [2.75, 3.05) is 13.7 Å². The average molecular weight is 265 g/mol. The molecule has 0 saturated heterocycles. The molecule has 1 saturated carbocycles. The molecule has 3 heteroatoms. The standard InChI is InChI=1S/C16H24FNO/c1-11(2)16(10-19-3)18-15-8-13(9-15)12-5-4-6-14(17)7-12/h4-7,11,13,15-16,18H,8-10H2,1-3H3. The monoisotopic (exact) mass is 265 g/mol. The summed E-state index contributed by atoms with van der Waals surface area (Å²) in [7, 11) is 1.74. The number of benzene rings is 1. The molecule has 1 aromatic carbocycles. The summed E-state index contributed by atoms with van der Waals surface area (Å²) in [5, 5.41) is 3.65. The third-order valence-electron chi connectivity index (χ3n) is 4.06. The van der Waals surface area contributed by atoms with Gasteiger partial charge in [-0.1, -0.05) is 26.0 Å². The Morgan fingerprint density at radius 3 is 2.68 bits per heavy atom. The predicted octanol–water partition coefficient (Wildman–Crippen LogP) is 3.33. The fourth-order valence-corrected chi connectivity index (χ4v) is 2.70. The quantitative estimate of drug-likeness (QED) is 0.852. The summed E-state index contributed by atoms with van der Waals surface area (Å²) in [5.41, 5.74) is 1.13. The van der Waals surface area contributed by atoms with Crippen LogP contribution in [0.3, 0.4) is 0 Å². The molecule has 1 atom stereocenters. The van der Waals surface area contributed by atoms with Crippen LogP contribution in [0, 0.1) is 11.7 Å². The van der Waals surface area contributed by atoms with Crippen LogP contribution in [-0.2, 0) is 4.74 Å². The van der Waals surface area contributed by atoms with E-state index in [9.17, 15) is 4.39 Å². The van der Waals surface area contributed by atoms with Gasteiger partial charge in [-0.2, -0.15) is 0 Å². The fraction of sp³-hybridized carbons (Fsp3) is 0.625. The lowest BCUT2D eigenvalue weighted by Crippen LogP contribution is -2.49. The zero-order valence-corrected chi connectivity index (χ0v) is 12.0. The van der Waals surface area contributed by atoms with Gasteiger partial charge in [0.25, 0.3) is 0 Å². The van der Waals surface area contributed by atoms with E-state index >= 15 is 0 Å². The molecule has 0 heterocycles. The molecule has 1 fully saturated rings. The van der Waals surface area contributed by atoms with Gasteiger partial charge in [-0.15, -0.1) is 0 Å². The van der Waals surface area contributed by atoms with Crippen molar-refractivity contribution in [1.29, 1.82) is 0 Å². The van der Waals surface area contributed by atoms with E-state index < -0.39 is 0 Å². The van der Waals surface area contributed by atoms with Crippen molar-refractivity contribution in [2.24, 2.45) is 5.92 Å². The smallest absolute Gasteiger partial charge is 0.123 e. The Balaban J connectivity index is 1.82. The van der Waals surface area contributed by atoms with E-state index in [0.717, 1.165) is 25.0 Å². The summed E-state index contributed by atoms with van der Waals surface area (Å²) in [6.07, 6.45) is 2.19. The van der Waals surface area contributed by atoms with Crippen molar-refractivity contribution in [3.8, 4) is 0 Å². The molecule has 0 aromatic heterocycles. The van der Waals surface area contributed by atoms with Crippen LogP contribution in [0.2, 0.25) is 0 Å². The van der Waals surface area contributed by atoms with E-state index in [1.165, 1.54) is 6.07 Å². The first kappa shape index (κ1) is 14.5. The minimum atomic E-state index is -0.131. The highest BCUT2D eigenvalue weighted by Crippen LogP contribution is 2.37. The first-order valence-electron chi connectivity index (χ1n) is 7.10. The van der Waals surface area contributed by atoms with E-state index in [0.29, 0.717) is 23.9 Å². The van der Waals surface area contributed by atoms with Crippen LogP contribution >= 0.6 is 0 Å². The van der Waals surface area contributed by atoms with E-state index in [-0.39, 0.29) is 5.82 Å². The third kappa shape index (κ3) is 3.77. The van der Waals surface area contributed by atoms with Gasteiger partial charge in [-0.05, 0) is 42.4 Å². The molecule has 106 valence electrons. The second kappa shape index (κ2) is 6.49. The Morgan fingerprint density at radius 2 is 2.11 bits per heavy atom. The topological polar surface area (TPSA) is 21.3 Å². The van der Waals surface area contributed by atoms with Gasteiger partial charge in [0.2, 0.25) is 0 Å². The normalized spacial score (nSPS) is 24.3. The molecule has 1 unspecified atom stereocenters. The van der Waals surface area contributed by atoms with E-state index in [1.807, 2.05) is 6.07 Å². The number of nitrogens with one attached hydrogen (secondary N) is 1. The molecule has 19 heavy (non-hydrogen) atoms. The maximum absolute atomic E-state index is 13.2. The van der Waals surface area contributed by atoms with Gasteiger partial charge in [0.15, 0.2) is 0 Å². The zero-order valence-electron chi connectivity index (χ0n) is 12.0. The predicted molar refractivity (Wildman–Crippen MR) is 75.8 cm³/mol. The maximum Gasteiger partial charge on any atom is 0.123 e. The fourth-order valence-electron chi connectivity index (χ4n) is 2.70. The number of hydrogen-bond acceptors (Lipinski definition) is 2. The van der Waals surface area contributed by atoms with Crippen LogP contribution < -0.4 is 5.32 Å². The van der Waals surface area contributed by atoms with Crippen molar-refractivity contribution in [1.82, 2.24) is 5.32 Å². The first-order valence-corrected chi connectivity index (χ1v) is 7.10. The molecular weight excluding hydrogens is 241 g/mol. The molecule has 0 radical (unpaired) electrons. The van der Waals surface area contributed by atoms with Gasteiger partial charge < -0.3 is 10.1 Å². The van der Waals surface area contributed by atoms with Gasteiger partial charge in [-0.25, -0.2) is 4.39 Å². The molecule has 1 aromatic rings. The van der Waals surface area contributed by atoms with Crippen LogP contribution in [-0.4, -0.2) is 25.8 Å². The van der Waals surface area contributed by atoms with Crippen LogP contribution in [0.25, 0.3) is 0 Å². The van der Waals surface area contributed by atoms with Gasteiger partial charge in [0.1, 0.15) is 5.82 Å². The zero-order chi connectivity index (χ0) is 13.8. The number of ether oxygens (including phenoxy) is 1. The maximum atomic E-state index is 13.2. The van der Waals surface area contributed by atoms with Crippen LogP contribution in [0.4, 0.5) is 4.39 Å². The average Bonchev–Trinajstić information content (AvgIpc) is 2.31. The Kier molecular flexibility index (Phi) is 4.94. The number of halogens is 1. The first-order chi connectivity index (χ1) is 9.10. The molecule has 1 aliphatic carbocycles. The van der Waals surface area contributed by atoms with Gasteiger partial charge in [-0.3, -0.25) is 0 Å². The summed E-state index contributed by atoms with van der Waals surface area (Å²) < 4.78 is 18.4. The molecule has 1 aliphatic rings. The van der Waals surface area contributed by atoms with Crippen LogP contribution in [0.1, 0.15) is 38.2 Å². The highest BCUT2D eigenvalue weighted by Gasteiger charge is 2.32. The molecule has 1 N–H and O–H groups in total.